The normalized spacial score (nSPS) is 15.2. The smallest absolute Gasteiger partial charge is 0.258 e. The molecule has 1 aliphatic rings. The molecule has 0 radical (unpaired) electrons. The molecule has 1 aromatic heterocycles. The van der Waals surface area contributed by atoms with Gasteiger partial charge in [0.05, 0.1) is 11.3 Å². The number of nitrogens with one attached hydrogen (secondary N) is 2. The van der Waals surface area contributed by atoms with Crippen molar-refractivity contribution in [3.05, 3.63) is 46.7 Å². The maximum absolute atomic E-state index is 12.2. The van der Waals surface area contributed by atoms with Crippen LogP contribution in [0.15, 0.2) is 41.1 Å². The average Bonchev–Trinajstić information content (AvgIpc) is 2.58. The lowest BCUT2D eigenvalue weighted by Crippen LogP contribution is -2.23. The Hall–Kier alpha value is -1.95. The molecule has 120 valence electrons. The van der Waals surface area contributed by atoms with E-state index in [2.05, 4.69) is 36.5 Å². The summed E-state index contributed by atoms with van der Waals surface area (Å²) < 4.78 is 0.838. The summed E-state index contributed by atoms with van der Waals surface area (Å²) >= 11 is 3.41. The Labute approximate surface area is 144 Å². The summed E-state index contributed by atoms with van der Waals surface area (Å²) in [5.74, 6) is 0.371. The Bertz CT molecular complexity index is 669. The van der Waals surface area contributed by atoms with E-state index in [1.54, 1.807) is 12.4 Å². The molecule has 3 rings (SSSR count). The summed E-state index contributed by atoms with van der Waals surface area (Å²) in [7, 11) is 0. The van der Waals surface area contributed by atoms with Gasteiger partial charge in [-0.2, -0.15) is 0 Å². The topological polar surface area (TPSA) is 66.9 Å². The first-order chi connectivity index (χ1) is 11.2. The van der Waals surface area contributed by atoms with E-state index in [0.717, 1.165) is 23.0 Å². The quantitative estimate of drug-likeness (QED) is 0.839. The molecule has 23 heavy (non-hydrogen) atoms. The fourth-order valence-corrected chi connectivity index (χ4v) is 3.09. The van der Waals surface area contributed by atoms with Crippen molar-refractivity contribution >= 4 is 33.5 Å². The number of aromatic nitrogens is 2. The Morgan fingerprint density at radius 3 is 2.48 bits per heavy atom. The van der Waals surface area contributed by atoms with E-state index in [1.165, 1.54) is 19.3 Å². The Morgan fingerprint density at radius 2 is 1.78 bits per heavy atom. The van der Waals surface area contributed by atoms with E-state index in [0.29, 0.717) is 17.6 Å². The molecule has 1 saturated carbocycles. The average molecular weight is 375 g/mol. The Morgan fingerprint density at radius 1 is 1.09 bits per heavy atom. The van der Waals surface area contributed by atoms with Crippen molar-refractivity contribution in [2.75, 3.05) is 10.6 Å². The maximum Gasteiger partial charge on any atom is 0.258 e. The number of carbonyl (C=O) groups is 1. The van der Waals surface area contributed by atoms with Crippen molar-refractivity contribution < 1.29 is 4.79 Å². The molecule has 1 aromatic carbocycles. The van der Waals surface area contributed by atoms with E-state index in [-0.39, 0.29) is 5.91 Å². The standard InChI is InChI=1S/C17H19BrN4O/c18-14-8-4-5-9-15(14)22-16(23)12-10-19-17(20-11-12)21-13-6-2-1-3-7-13/h4-5,8-11,13H,1-3,6-7H2,(H,22,23)(H,19,20,21). The third kappa shape index (κ3) is 4.28. The third-order valence-electron chi connectivity index (χ3n) is 3.97. The number of halogens is 1. The molecule has 0 bridgehead atoms. The van der Waals surface area contributed by atoms with Gasteiger partial charge in [0.2, 0.25) is 5.95 Å². The molecular weight excluding hydrogens is 356 g/mol. The zero-order valence-electron chi connectivity index (χ0n) is 12.8. The van der Waals surface area contributed by atoms with Gasteiger partial charge in [-0.25, -0.2) is 9.97 Å². The molecule has 0 spiro atoms. The lowest BCUT2D eigenvalue weighted by atomic mass is 9.96. The molecule has 6 heteroatoms. The number of amides is 1. The van der Waals surface area contributed by atoms with Crippen LogP contribution in [-0.2, 0) is 0 Å². The highest BCUT2D eigenvalue weighted by molar-refractivity contribution is 9.10. The number of carbonyl (C=O) groups excluding carboxylic acids is 1. The minimum Gasteiger partial charge on any atom is -0.351 e. The molecule has 0 atom stereocenters. The van der Waals surface area contributed by atoms with Crippen LogP contribution in [0.1, 0.15) is 42.5 Å². The number of anilines is 2. The summed E-state index contributed by atoms with van der Waals surface area (Å²) in [6.07, 6.45) is 9.26. The van der Waals surface area contributed by atoms with Crippen LogP contribution in [-0.4, -0.2) is 21.9 Å². The highest BCUT2D eigenvalue weighted by Crippen LogP contribution is 2.22. The molecule has 0 unspecified atom stereocenters. The van der Waals surface area contributed by atoms with Gasteiger partial charge in [0.15, 0.2) is 0 Å². The summed E-state index contributed by atoms with van der Waals surface area (Å²) in [6.45, 7) is 0. The van der Waals surface area contributed by atoms with Gasteiger partial charge in [0, 0.05) is 22.9 Å². The van der Waals surface area contributed by atoms with Gasteiger partial charge in [-0.3, -0.25) is 4.79 Å². The molecule has 0 aliphatic heterocycles. The second-order valence-corrected chi connectivity index (χ2v) is 6.56. The fraction of sp³-hybridized carbons (Fsp3) is 0.353. The molecule has 1 fully saturated rings. The molecule has 2 aromatic rings. The zero-order valence-corrected chi connectivity index (χ0v) is 14.3. The summed E-state index contributed by atoms with van der Waals surface area (Å²) in [4.78, 5) is 20.8. The van der Waals surface area contributed by atoms with Crippen molar-refractivity contribution in [3.63, 3.8) is 0 Å². The number of rotatable bonds is 4. The van der Waals surface area contributed by atoms with Crippen LogP contribution in [0.3, 0.4) is 0 Å². The van der Waals surface area contributed by atoms with Gasteiger partial charge in [-0.1, -0.05) is 31.4 Å². The third-order valence-corrected chi connectivity index (χ3v) is 4.67. The molecule has 5 nitrogen and oxygen atoms in total. The first kappa shape index (κ1) is 15.9. The SMILES string of the molecule is O=C(Nc1ccccc1Br)c1cnc(NC2CCCCC2)nc1. The lowest BCUT2D eigenvalue weighted by Gasteiger charge is -2.22. The largest absolute Gasteiger partial charge is 0.351 e. The molecule has 1 heterocycles. The van der Waals surface area contributed by atoms with Gasteiger partial charge in [0.1, 0.15) is 0 Å². The Balaban J connectivity index is 1.62. The van der Waals surface area contributed by atoms with Crippen molar-refractivity contribution in [1.29, 1.82) is 0 Å². The number of nitrogens with zero attached hydrogens (tertiary/aromatic N) is 2. The van der Waals surface area contributed by atoms with Gasteiger partial charge in [0.25, 0.3) is 5.91 Å². The number of para-hydroxylation sites is 1. The summed E-state index contributed by atoms with van der Waals surface area (Å²) in [6, 6.07) is 7.93. The number of benzene rings is 1. The maximum atomic E-state index is 12.2. The Kier molecular flexibility index (Phi) is 5.23. The second kappa shape index (κ2) is 7.55. The van der Waals surface area contributed by atoms with E-state index in [9.17, 15) is 4.79 Å². The predicted molar refractivity (Wildman–Crippen MR) is 94.6 cm³/mol. The van der Waals surface area contributed by atoms with Crippen molar-refractivity contribution in [2.24, 2.45) is 0 Å². The predicted octanol–water partition coefficient (Wildman–Crippen LogP) is 4.24. The van der Waals surface area contributed by atoms with Crippen molar-refractivity contribution in [1.82, 2.24) is 9.97 Å². The van der Waals surface area contributed by atoms with Gasteiger partial charge >= 0.3 is 0 Å². The van der Waals surface area contributed by atoms with Crippen LogP contribution in [0, 0.1) is 0 Å². The van der Waals surface area contributed by atoms with Gasteiger partial charge in [-0.05, 0) is 40.9 Å². The monoisotopic (exact) mass is 374 g/mol. The van der Waals surface area contributed by atoms with Gasteiger partial charge in [-0.15, -0.1) is 0 Å². The molecule has 0 saturated heterocycles. The van der Waals surface area contributed by atoms with Gasteiger partial charge < -0.3 is 10.6 Å². The molecular formula is C17H19BrN4O. The fourth-order valence-electron chi connectivity index (χ4n) is 2.71. The van der Waals surface area contributed by atoms with E-state index >= 15 is 0 Å². The molecule has 2 N–H and O–H groups in total. The van der Waals surface area contributed by atoms with Crippen LogP contribution >= 0.6 is 15.9 Å². The van der Waals surface area contributed by atoms with Crippen LogP contribution in [0.4, 0.5) is 11.6 Å². The van der Waals surface area contributed by atoms with Crippen LogP contribution in [0.5, 0.6) is 0 Å². The second-order valence-electron chi connectivity index (χ2n) is 5.71. The van der Waals surface area contributed by atoms with Crippen molar-refractivity contribution in [2.45, 2.75) is 38.1 Å². The molecule has 1 amide bonds. The minimum atomic E-state index is -0.221. The van der Waals surface area contributed by atoms with Crippen LogP contribution < -0.4 is 10.6 Å². The first-order valence-electron chi connectivity index (χ1n) is 7.87. The lowest BCUT2D eigenvalue weighted by molar-refractivity contribution is 0.102. The minimum absolute atomic E-state index is 0.221. The van der Waals surface area contributed by atoms with E-state index in [1.807, 2.05) is 24.3 Å². The zero-order chi connectivity index (χ0) is 16.1. The summed E-state index contributed by atoms with van der Waals surface area (Å²) in [5, 5.41) is 6.19. The first-order valence-corrected chi connectivity index (χ1v) is 8.66. The van der Waals surface area contributed by atoms with Crippen molar-refractivity contribution in [3.8, 4) is 0 Å². The van der Waals surface area contributed by atoms with Crippen LogP contribution in [0.2, 0.25) is 0 Å². The highest BCUT2D eigenvalue weighted by atomic mass is 79.9. The van der Waals surface area contributed by atoms with Crippen LogP contribution in [0.25, 0.3) is 0 Å². The summed E-state index contributed by atoms with van der Waals surface area (Å²) in [5.41, 5.74) is 1.16. The van der Waals surface area contributed by atoms with E-state index < -0.39 is 0 Å². The van der Waals surface area contributed by atoms with E-state index in [4.69, 9.17) is 0 Å². The number of hydrogen-bond donors (Lipinski definition) is 2. The molecule has 1 aliphatic carbocycles. The highest BCUT2D eigenvalue weighted by Gasteiger charge is 2.14. The number of hydrogen-bond acceptors (Lipinski definition) is 4.